The summed E-state index contributed by atoms with van der Waals surface area (Å²) in [6.07, 6.45) is 2.88. The van der Waals surface area contributed by atoms with Gasteiger partial charge in [-0.3, -0.25) is 0 Å². The summed E-state index contributed by atoms with van der Waals surface area (Å²) in [5, 5.41) is 0. The van der Waals surface area contributed by atoms with E-state index in [9.17, 15) is 0 Å². The fourth-order valence-corrected chi connectivity index (χ4v) is 1.74. The molecule has 3 nitrogen and oxygen atoms in total. The molecule has 102 valence electrons. The highest BCUT2D eigenvalue weighted by molar-refractivity contribution is 5.85. The number of halogens is 1. The second kappa shape index (κ2) is 8.01. The van der Waals surface area contributed by atoms with E-state index in [1.807, 2.05) is 26.0 Å². The zero-order valence-electron chi connectivity index (χ0n) is 11.4. The van der Waals surface area contributed by atoms with E-state index < -0.39 is 0 Å². The molecule has 0 amide bonds. The van der Waals surface area contributed by atoms with E-state index in [4.69, 9.17) is 15.2 Å². The molecule has 1 aromatic carbocycles. The Morgan fingerprint density at radius 2 is 1.67 bits per heavy atom. The van der Waals surface area contributed by atoms with Crippen molar-refractivity contribution in [2.45, 2.75) is 20.3 Å². The van der Waals surface area contributed by atoms with Gasteiger partial charge in [-0.2, -0.15) is 0 Å². The van der Waals surface area contributed by atoms with Crippen LogP contribution in [0.4, 0.5) is 0 Å². The fourth-order valence-electron chi connectivity index (χ4n) is 1.74. The van der Waals surface area contributed by atoms with Gasteiger partial charge in [0.05, 0.1) is 19.8 Å². The van der Waals surface area contributed by atoms with Gasteiger partial charge in [0.2, 0.25) is 0 Å². The summed E-state index contributed by atoms with van der Waals surface area (Å²) >= 11 is 0. The Morgan fingerprint density at radius 3 is 2.00 bits per heavy atom. The second-order valence-corrected chi connectivity index (χ2v) is 4.17. The summed E-state index contributed by atoms with van der Waals surface area (Å²) < 4.78 is 10.8. The van der Waals surface area contributed by atoms with Crippen molar-refractivity contribution in [1.29, 1.82) is 0 Å². The van der Waals surface area contributed by atoms with Crippen LogP contribution in [0.25, 0.3) is 6.08 Å². The lowest BCUT2D eigenvalue weighted by atomic mass is 10.0. The number of benzene rings is 1. The molecule has 0 aliphatic carbocycles. The van der Waals surface area contributed by atoms with Gasteiger partial charge in [0.15, 0.2) is 0 Å². The molecule has 0 radical (unpaired) electrons. The molecular weight excluding hydrogens is 250 g/mol. The minimum atomic E-state index is 0. The van der Waals surface area contributed by atoms with E-state index in [1.54, 1.807) is 14.2 Å². The van der Waals surface area contributed by atoms with Crippen LogP contribution in [0, 0.1) is 0 Å². The molecule has 4 heteroatoms. The molecule has 2 N–H and O–H groups in total. The van der Waals surface area contributed by atoms with Crippen LogP contribution in [0.5, 0.6) is 11.5 Å². The normalized spacial score (nSPS) is 9.39. The lowest BCUT2D eigenvalue weighted by Crippen LogP contribution is -2.04. The van der Waals surface area contributed by atoms with Gasteiger partial charge in [0.25, 0.3) is 0 Å². The number of ether oxygens (including phenoxy) is 2. The monoisotopic (exact) mass is 271 g/mol. The third-order valence-corrected chi connectivity index (χ3v) is 2.47. The Labute approximate surface area is 115 Å². The van der Waals surface area contributed by atoms with Crippen LogP contribution in [0.2, 0.25) is 0 Å². The van der Waals surface area contributed by atoms with Crippen molar-refractivity contribution in [2.24, 2.45) is 5.73 Å². The number of nitrogens with two attached hydrogens (primary N) is 1. The highest BCUT2D eigenvalue weighted by Crippen LogP contribution is 2.32. The molecule has 0 spiro atoms. The van der Waals surface area contributed by atoms with E-state index in [0.29, 0.717) is 6.54 Å². The topological polar surface area (TPSA) is 44.5 Å². The van der Waals surface area contributed by atoms with Gasteiger partial charge in [-0.1, -0.05) is 5.57 Å². The number of hydrogen-bond acceptors (Lipinski definition) is 3. The zero-order valence-corrected chi connectivity index (χ0v) is 12.3. The fraction of sp³-hybridized carbons (Fsp3) is 0.429. The van der Waals surface area contributed by atoms with Crippen LogP contribution < -0.4 is 15.2 Å². The summed E-state index contributed by atoms with van der Waals surface area (Å²) in [6.45, 7) is 4.72. The Balaban J connectivity index is 0.00000289. The van der Waals surface area contributed by atoms with Crippen molar-refractivity contribution < 1.29 is 9.47 Å². The first kappa shape index (κ1) is 16.8. The van der Waals surface area contributed by atoms with Gasteiger partial charge < -0.3 is 15.2 Å². The maximum atomic E-state index is 5.57. The van der Waals surface area contributed by atoms with Gasteiger partial charge in [-0.15, -0.1) is 12.4 Å². The van der Waals surface area contributed by atoms with Gasteiger partial charge in [0.1, 0.15) is 11.5 Å². The minimum absolute atomic E-state index is 0. The van der Waals surface area contributed by atoms with E-state index in [2.05, 4.69) is 6.08 Å². The number of hydrogen-bond donors (Lipinski definition) is 1. The van der Waals surface area contributed by atoms with Crippen molar-refractivity contribution in [2.75, 3.05) is 20.8 Å². The Bertz CT molecular complexity index is 387. The van der Waals surface area contributed by atoms with E-state index in [0.717, 1.165) is 29.0 Å². The van der Waals surface area contributed by atoms with E-state index >= 15 is 0 Å². The SMILES string of the molecule is COc1cc(CCN)cc(OC)c1C=C(C)C.Cl. The molecular formula is C14H22ClNO2. The molecule has 0 saturated heterocycles. The molecule has 18 heavy (non-hydrogen) atoms. The number of rotatable bonds is 5. The number of methoxy groups -OCH3 is 2. The molecule has 0 bridgehead atoms. The smallest absolute Gasteiger partial charge is 0.130 e. The van der Waals surface area contributed by atoms with Crippen LogP contribution >= 0.6 is 12.4 Å². The van der Waals surface area contributed by atoms with Crippen molar-refractivity contribution in [1.82, 2.24) is 0 Å². The summed E-state index contributed by atoms with van der Waals surface area (Å²) in [6, 6.07) is 4.04. The first-order chi connectivity index (χ1) is 8.12. The molecule has 0 aromatic heterocycles. The van der Waals surface area contributed by atoms with Gasteiger partial charge in [0, 0.05) is 0 Å². The average molecular weight is 272 g/mol. The molecule has 0 aliphatic rings. The summed E-state index contributed by atoms with van der Waals surface area (Å²) in [4.78, 5) is 0. The summed E-state index contributed by atoms with van der Waals surface area (Å²) in [5.74, 6) is 1.66. The lowest BCUT2D eigenvalue weighted by Gasteiger charge is -2.13. The molecule has 0 saturated carbocycles. The van der Waals surface area contributed by atoms with Gasteiger partial charge >= 0.3 is 0 Å². The quantitative estimate of drug-likeness (QED) is 0.895. The van der Waals surface area contributed by atoms with Crippen LogP contribution in [0.15, 0.2) is 17.7 Å². The van der Waals surface area contributed by atoms with Crippen molar-refractivity contribution in [3.05, 3.63) is 28.8 Å². The van der Waals surface area contributed by atoms with E-state index in [-0.39, 0.29) is 12.4 Å². The highest BCUT2D eigenvalue weighted by atomic mass is 35.5. The zero-order chi connectivity index (χ0) is 12.8. The summed E-state index contributed by atoms with van der Waals surface area (Å²) in [5.41, 5.74) is 8.88. The van der Waals surface area contributed by atoms with Crippen LogP contribution in [0.3, 0.4) is 0 Å². The largest absolute Gasteiger partial charge is 0.496 e. The van der Waals surface area contributed by atoms with Crippen molar-refractivity contribution in [3.63, 3.8) is 0 Å². The van der Waals surface area contributed by atoms with Crippen molar-refractivity contribution in [3.8, 4) is 11.5 Å². The highest BCUT2D eigenvalue weighted by Gasteiger charge is 2.10. The van der Waals surface area contributed by atoms with Crippen molar-refractivity contribution >= 4 is 18.5 Å². The lowest BCUT2D eigenvalue weighted by molar-refractivity contribution is 0.391. The maximum absolute atomic E-state index is 5.57. The molecule has 1 rings (SSSR count). The Hall–Kier alpha value is -1.19. The first-order valence-corrected chi connectivity index (χ1v) is 5.72. The standard InChI is InChI=1S/C14H21NO2.ClH/c1-10(2)7-12-13(16-3)8-11(5-6-15)9-14(12)17-4;/h7-9H,5-6,15H2,1-4H3;1H. The molecule has 0 atom stereocenters. The van der Waals surface area contributed by atoms with Crippen LogP contribution in [0.1, 0.15) is 25.0 Å². The molecule has 0 aliphatic heterocycles. The molecule has 1 aromatic rings. The predicted octanol–water partition coefficient (Wildman–Crippen LogP) is 3.05. The van der Waals surface area contributed by atoms with Crippen LogP contribution in [-0.4, -0.2) is 20.8 Å². The average Bonchev–Trinajstić information content (AvgIpc) is 2.30. The predicted molar refractivity (Wildman–Crippen MR) is 78.9 cm³/mol. The van der Waals surface area contributed by atoms with Crippen LogP contribution in [-0.2, 0) is 6.42 Å². The second-order valence-electron chi connectivity index (χ2n) is 4.17. The van der Waals surface area contributed by atoms with E-state index in [1.165, 1.54) is 5.57 Å². The molecule has 0 heterocycles. The Kier molecular flexibility index (Phi) is 7.48. The number of allylic oxidation sites excluding steroid dienone is 1. The molecule has 0 unspecified atom stereocenters. The first-order valence-electron chi connectivity index (χ1n) is 5.72. The minimum Gasteiger partial charge on any atom is -0.496 e. The Morgan fingerprint density at radius 1 is 1.17 bits per heavy atom. The third kappa shape index (κ3) is 4.24. The maximum Gasteiger partial charge on any atom is 0.130 e. The van der Waals surface area contributed by atoms with Gasteiger partial charge in [-0.25, -0.2) is 0 Å². The third-order valence-electron chi connectivity index (χ3n) is 2.47. The summed E-state index contributed by atoms with van der Waals surface area (Å²) in [7, 11) is 3.34. The molecule has 0 fully saturated rings. The van der Waals surface area contributed by atoms with Gasteiger partial charge in [-0.05, 0) is 50.6 Å².